The Labute approximate surface area is 242 Å². The minimum Gasteiger partial charge on any atom is -0.493 e. The lowest BCUT2D eigenvalue weighted by molar-refractivity contribution is -0.270. The number of aromatic nitrogens is 1. The lowest BCUT2D eigenvalue weighted by Crippen LogP contribution is -2.51. The van der Waals surface area contributed by atoms with E-state index in [0.717, 1.165) is 24.3 Å². The van der Waals surface area contributed by atoms with Gasteiger partial charge in [-0.3, -0.25) is 4.79 Å². The number of amides is 1. The van der Waals surface area contributed by atoms with Gasteiger partial charge in [-0.1, -0.05) is 19.1 Å². The zero-order chi connectivity index (χ0) is 28.9. The Morgan fingerprint density at radius 2 is 1.88 bits per heavy atom. The van der Waals surface area contributed by atoms with Crippen molar-refractivity contribution in [1.29, 1.82) is 0 Å². The van der Waals surface area contributed by atoms with Crippen molar-refractivity contribution in [2.45, 2.75) is 89.4 Å². The molecule has 1 aliphatic carbocycles. The topological polar surface area (TPSA) is 93.6 Å². The van der Waals surface area contributed by atoms with Crippen LogP contribution < -0.4 is 14.4 Å². The van der Waals surface area contributed by atoms with Crippen molar-refractivity contribution in [3.8, 4) is 11.5 Å². The maximum atomic E-state index is 13.6. The molecule has 1 saturated carbocycles. The van der Waals surface area contributed by atoms with Gasteiger partial charge in [-0.2, -0.15) is 0 Å². The minimum absolute atomic E-state index is 0.0500. The molecule has 0 spiro atoms. The fraction of sp³-hybridized carbons (Fsp3) is 0.625. The van der Waals surface area contributed by atoms with E-state index in [9.17, 15) is 9.90 Å². The maximum absolute atomic E-state index is 13.6. The fourth-order valence-corrected chi connectivity index (χ4v) is 6.44. The summed E-state index contributed by atoms with van der Waals surface area (Å²) in [6.45, 7) is 9.82. The molecule has 1 aromatic carbocycles. The lowest BCUT2D eigenvalue weighted by atomic mass is 9.72. The standard InChI is InChI=1S/C32H43N3O6/c1-20(36)32(4)19-34(30(37)26-13-15-39-31(2,3)41-26)18-24(32)22-8-10-25(38-5)27(16-22)40-29-12-14-35(29)28-11-9-23(17-33-28)21-6-7-21/h8-11,16-17,20-21,24,26,29,36H,6-7,12-15,18-19H2,1-5H3/t20-,24+,26+,29?,32+/m1/s1. The first-order valence-corrected chi connectivity index (χ1v) is 14.9. The number of ether oxygens (including phenoxy) is 4. The molecule has 1 aromatic heterocycles. The van der Waals surface area contributed by atoms with Crippen LogP contribution in [0.4, 0.5) is 5.82 Å². The number of carbonyl (C=O) groups is 1. The van der Waals surface area contributed by atoms with Crippen molar-refractivity contribution >= 4 is 11.7 Å². The van der Waals surface area contributed by atoms with Crippen LogP contribution in [-0.4, -0.2) is 78.5 Å². The van der Waals surface area contributed by atoms with Crippen molar-refractivity contribution in [3.63, 3.8) is 0 Å². The molecule has 3 saturated heterocycles. The van der Waals surface area contributed by atoms with Crippen LogP contribution in [0.2, 0.25) is 0 Å². The SMILES string of the molecule is COc1ccc([C@@H]2CN(C(=O)[C@@H]3CCOC(C)(C)O3)C[C@@]2(C)[C@@H](C)O)cc1OC1CCN1c1ccc(C2CC2)cn1. The van der Waals surface area contributed by atoms with Crippen LogP contribution in [-0.2, 0) is 14.3 Å². The molecule has 2 aromatic rings. The molecule has 222 valence electrons. The van der Waals surface area contributed by atoms with Crippen LogP contribution in [0.25, 0.3) is 0 Å². The second kappa shape index (κ2) is 10.7. The molecular weight excluding hydrogens is 522 g/mol. The molecule has 4 aliphatic rings. The Bertz CT molecular complexity index is 1260. The van der Waals surface area contributed by atoms with Gasteiger partial charge in [-0.15, -0.1) is 0 Å². The van der Waals surface area contributed by atoms with E-state index < -0.39 is 23.4 Å². The normalized spacial score (nSPS) is 30.0. The summed E-state index contributed by atoms with van der Waals surface area (Å²) in [6, 6.07) is 10.3. The second-order valence-corrected chi connectivity index (χ2v) is 12.8. The van der Waals surface area contributed by atoms with Crippen LogP contribution in [0, 0.1) is 5.41 Å². The average Bonchev–Trinajstić information content (AvgIpc) is 3.72. The van der Waals surface area contributed by atoms with Gasteiger partial charge >= 0.3 is 0 Å². The third-order valence-corrected chi connectivity index (χ3v) is 9.46. The van der Waals surface area contributed by atoms with E-state index in [2.05, 4.69) is 24.0 Å². The monoisotopic (exact) mass is 565 g/mol. The zero-order valence-corrected chi connectivity index (χ0v) is 24.8. The van der Waals surface area contributed by atoms with E-state index in [0.29, 0.717) is 43.5 Å². The quantitative estimate of drug-likeness (QED) is 0.502. The van der Waals surface area contributed by atoms with Gasteiger partial charge in [0.05, 0.1) is 19.8 Å². The van der Waals surface area contributed by atoms with Crippen LogP contribution in [0.15, 0.2) is 36.5 Å². The molecule has 5 atom stereocenters. The number of hydrogen-bond acceptors (Lipinski definition) is 8. The van der Waals surface area contributed by atoms with Crippen molar-refractivity contribution in [2.75, 3.05) is 38.3 Å². The van der Waals surface area contributed by atoms with E-state index in [-0.39, 0.29) is 18.1 Å². The second-order valence-electron chi connectivity index (χ2n) is 12.8. The van der Waals surface area contributed by atoms with Crippen LogP contribution in [0.1, 0.15) is 76.3 Å². The highest BCUT2D eigenvalue weighted by Gasteiger charge is 2.50. The Kier molecular flexibility index (Phi) is 7.41. The smallest absolute Gasteiger partial charge is 0.251 e. The summed E-state index contributed by atoms with van der Waals surface area (Å²) in [5, 5.41) is 11.0. The number of carbonyl (C=O) groups excluding carboxylic acids is 1. The number of rotatable bonds is 8. The Hall–Kier alpha value is -2.88. The number of hydrogen-bond donors (Lipinski definition) is 1. The third kappa shape index (κ3) is 5.51. The van der Waals surface area contributed by atoms with Crippen molar-refractivity contribution in [1.82, 2.24) is 9.88 Å². The van der Waals surface area contributed by atoms with Crippen LogP contribution >= 0.6 is 0 Å². The summed E-state index contributed by atoms with van der Waals surface area (Å²) in [4.78, 5) is 22.3. The van der Waals surface area contributed by atoms with Gasteiger partial charge in [0.1, 0.15) is 11.9 Å². The number of anilines is 1. The highest BCUT2D eigenvalue weighted by Crippen LogP contribution is 2.48. The van der Waals surface area contributed by atoms with E-state index in [1.807, 2.05) is 50.1 Å². The Balaban J connectivity index is 1.21. The highest BCUT2D eigenvalue weighted by atomic mass is 16.7. The van der Waals surface area contributed by atoms with E-state index in [1.165, 1.54) is 18.4 Å². The molecule has 1 amide bonds. The minimum atomic E-state index is -0.794. The van der Waals surface area contributed by atoms with Gasteiger partial charge in [-0.25, -0.2) is 4.98 Å². The number of aliphatic hydroxyl groups excluding tert-OH is 1. The predicted molar refractivity (Wildman–Crippen MR) is 154 cm³/mol. The summed E-state index contributed by atoms with van der Waals surface area (Å²) < 4.78 is 23.8. The molecular formula is C32H43N3O6. The van der Waals surface area contributed by atoms with Gasteiger partial charge in [0, 0.05) is 50.0 Å². The Morgan fingerprint density at radius 3 is 2.49 bits per heavy atom. The largest absolute Gasteiger partial charge is 0.493 e. The average molecular weight is 566 g/mol. The molecule has 9 heteroatoms. The number of likely N-dealkylation sites (tertiary alicyclic amines) is 1. The molecule has 4 fully saturated rings. The molecule has 1 unspecified atom stereocenters. The molecule has 6 rings (SSSR count). The van der Waals surface area contributed by atoms with E-state index in [1.54, 1.807) is 7.11 Å². The zero-order valence-electron chi connectivity index (χ0n) is 24.8. The Morgan fingerprint density at radius 1 is 1.10 bits per heavy atom. The van der Waals surface area contributed by atoms with Gasteiger partial charge in [-0.05, 0) is 68.9 Å². The highest BCUT2D eigenvalue weighted by molar-refractivity contribution is 5.81. The first-order chi connectivity index (χ1) is 19.6. The van der Waals surface area contributed by atoms with Crippen molar-refractivity contribution < 1.29 is 28.8 Å². The molecule has 9 nitrogen and oxygen atoms in total. The fourth-order valence-electron chi connectivity index (χ4n) is 6.44. The first-order valence-electron chi connectivity index (χ1n) is 14.9. The molecule has 0 radical (unpaired) electrons. The summed E-state index contributed by atoms with van der Waals surface area (Å²) in [5.41, 5.74) is 1.78. The number of benzene rings is 1. The van der Waals surface area contributed by atoms with Gasteiger partial charge in [0.25, 0.3) is 5.91 Å². The molecule has 3 aliphatic heterocycles. The number of pyridine rings is 1. The first kappa shape index (κ1) is 28.2. The third-order valence-electron chi connectivity index (χ3n) is 9.46. The predicted octanol–water partition coefficient (Wildman–Crippen LogP) is 4.44. The van der Waals surface area contributed by atoms with Crippen molar-refractivity contribution in [3.05, 3.63) is 47.7 Å². The van der Waals surface area contributed by atoms with Crippen LogP contribution in [0.5, 0.6) is 11.5 Å². The number of aliphatic hydroxyl groups is 1. The molecule has 0 bridgehead atoms. The summed E-state index contributed by atoms with van der Waals surface area (Å²) in [7, 11) is 1.64. The summed E-state index contributed by atoms with van der Waals surface area (Å²) in [6.07, 6.45) is 4.60. The van der Waals surface area contributed by atoms with Crippen LogP contribution in [0.3, 0.4) is 0 Å². The molecule has 4 heterocycles. The molecule has 1 N–H and O–H groups in total. The maximum Gasteiger partial charge on any atom is 0.251 e. The van der Waals surface area contributed by atoms with Gasteiger partial charge in [0.2, 0.25) is 0 Å². The summed E-state index contributed by atoms with van der Waals surface area (Å²) in [5.74, 6) is 1.97. The van der Waals surface area contributed by atoms with Crippen molar-refractivity contribution in [2.24, 2.45) is 5.41 Å². The summed E-state index contributed by atoms with van der Waals surface area (Å²) >= 11 is 0. The lowest BCUT2D eigenvalue weighted by Gasteiger charge is -2.41. The number of methoxy groups -OCH3 is 1. The van der Waals surface area contributed by atoms with Gasteiger partial charge < -0.3 is 33.9 Å². The molecule has 41 heavy (non-hydrogen) atoms. The van der Waals surface area contributed by atoms with E-state index in [4.69, 9.17) is 23.9 Å². The van der Waals surface area contributed by atoms with Gasteiger partial charge in [0.15, 0.2) is 23.5 Å². The number of nitrogens with zero attached hydrogens (tertiary/aromatic N) is 3. The van der Waals surface area contributed by atoms with E-state index >= 15 is 0 Å².